The quantitative estimate of drug-likeness (QED) is 0.421. The summed E-state index contributed by atoms with van der Waals surface area (Å²) in [5.41, 5.74) is 3.53. The lowest BCUT2D eigenvalue weighted by atomic mass is 10.2. The average Bonchev–Trinajstić information content (AvgIpc) is 2.67. The molecule has 0 heterocycles. The van der Waals surface area contributed by atoms with E-state index in [1.54, 1.807) is 37.5 Å². The van der Waals surface area contributed by atoms with Gasteiger partial charge in [0.05, 0.1) is 29.9 Å². The number of halogens is 2. The van der Waals surface area contributed by atoms with E-state index in [2.05, 4.69) is 15.8 Å². The number of ether oxygens (including phenoxy) is 1. The zero-order chi connectivity index (χ0) is 19.6. The minimum absolute atomic E-state index is 0.233. The van der Waals surface area contributed by atoms with Crippen LogP contribution in [-0.2, 0) is 9.59 Å². The lowest BCUT2D eigenvalue weighted by Gasteiger charge is -2.04. The number of carbonyl (C=O) groups excluding carboxylic acids is 2. The number of nitrogens with one attached hydrogen (secondary N) is 2. The van der Waals surface area contributed by atoms with Gasteiger partial charge in [0.2, 0.25) is 5.91 Å². The van der Waals surface area contributed by atoms with Gasteiger partial charge in [0.1, 0.15) is 5.75 Å². The van der Waals surface area contributed by atoms with E-state index in [-0.39, 0.29) is 6.54 Å². The summed E-state index contributed by atoms with van der Waals surface area (Å²) in [7, 11) is 1.55. The molecule has 8 heteroatoms. The number of hydrogen-bond donors (Lipinski definition) is 2. The molecule has 0 atom stereocenters. The van der Waals surface area contributed by atoms with Gasteiger partial charge in [-0.1, -0.05) is 47.5 Å². The van der Waals surface area contributed by atoms with Crippen LogP contribution in [-0.4, -0.2) is 31.7 Å². The number of hydrogen-bond acceptors (Lipinski definition) is 4. The van der Waals surface area contributed by atoms with E-state index in [1.165, 1.54) is 12.3 Å². The fourth-order valence-electron chi connectivity index (χ4n) is 2.04. The Hall–Kier alpha value is -2.83. The molecule has 0 aliphatic rings. The molecule has 2 amide bonds. The molecule has 140 valence electrons. The van der Waals surface area contributed by atoms with Crippen LogP contribution in [0, 0.1) is 0 Å². The Morgan fingerprint density at radius 1 is 1.11 bits per heavy atom. The summed E-state index contributed by atoms with van der Waals surface area (Å²) >= 11 is 12.0. The van der Waals surface area contributed by atoms with Crippen molar-refractivity contribution in [3.63, 3.8) is 0 Å². The molecule has 2 rings (SSSR count). The highest BCUT2D eigenvalue weighted by Gasteiger charge is 2.04. The number of carbonyl (C=O) groups is 2. The van der Waals surface area contributed by atoms with Gasteiger partial charge >= 0.3 is 0 Å². The Morgan fingerprint density at radius 3 is 2.52 bits per heavy atom. The van der Waals surface area contributed by atoms with Crippen molar-refractivity contribution in [2.45, 2.75) is 0 Å². The highest BCUT2D eigenvalue weighted by Crippen LogP contribution is 2.22. The van der Waals surface area contributed by atoms with Crippen LogP contribution in [0.5, 0.6) is 5.75 Å². The third kappa shape index (κ3) is 6.44. The molecule has 0 saturated heterocycles. The highest BCUT2D eigenvalue weighted by atomic mass is 35.5. The molecular formula is C19H17Cl2N3O3. The van der Waals surface area contributed by atoms with Gasteiger partial charge in [-0.05, 0) is 24.3 Å². The number of methoxy groups -OCH3 is 1. The molecule has 0 saturated carbocycles. The molecule has 0 fully saturated rings. The van der Waals surface area contributed by atoms with Gasteiger partial charge < -0.3 is 10.1 Å². The van der Waals surface area contributed by atoms with Crippen molar-refractivity contribution in [2.75, 3.05) is 13.7 Å². The van der Waals surface area contributed by atoms with Crippen LogP contribution in [0.1, 0.15) is 11.1 Å². The van der Waals surface area contributed by atoms with Crippen molar-refractivity contribution in [1.82, 2.24) is 10.7 Å². The number of hydrazone groups is 1. The van der Waals surface area contributed by atoms with E-state index in [9.17, 15) is 9.59 Å². The molecule has 0 aliphatic carbocycles. The first-order chi connectivity index (χ1) is 13.0. The SMILES string of the molecule is COc1ccccc1C=CC(=O)NCC(=O)NN=Cc1c(Cl)cccc1Cl. The van der Waals surface area contributed by atoms with Crippen molar-refractivity contribution < 1.29 is 14.3 Å². The Balaban J connectivity index is 1.82. The molecule has 27 heavy (non-hydrogen) atoms. The van der Waals surface area contributed by atoms with E-state index >= 15 is 0 Å². The first kappa shape index (κ1) is 20.5. The summed E-state index contributed by atoms with van der Waals surface area (Å²) in [6.45, 7) is -0.233. The second-order valence-corrected chi connectivity index (χ2v) is 6.04. The van der Waals surface area contributed by atoms with Crippen molar-refractivity contribution >= 4 is 47.3 Å². The van der Waals surface area contributed by atoms with Crippen LogP contribution >= 0.6 is 23.2 Å². The minimum atomic E-state index is -0.492. The molecule has 2 N–H and O–H groups in total. The largest absolute Gasteiger partial charge is 0.496 e. The smallest absolute Gasteiger partial charge is 0.259 e. The fourth-order valence-corrected chi connectivity index (χ4v) is 2.53. The number of nitrogens with zero attached hydrogens (tertiary/aromatic N) is 1. The maximum atomic E-state index is 11.8. The molecule has 0 aromatic heterocycles. The molecule has 2 aromatic carbocycles. The first-order valence-corrected chi connectivity index (χ1v) is 8.61. The Kier molecular flexibility index (Phi) is 7.85. The Labute approximate surface area is 166 Å². The number of rotatable bonds is 7. The number of amides is 2. The van der Waals surface area contributed by atoms with Crippen LogP contribution in [0.25, 0.3) is 6.08 Å². The van der Waals surface area contributed by atoms with Crippen LogP contribution in [0.2, 0.25) is 10.0 Å². The summed E-state index contributed by atoms with van der Waals surface area (Å²) in [4.78, 5) is 23.5. The summed E-state index contributed by atoms with van der Waals surface area (Å²) in [5, 5.41) is 7.06. The van der Waals surface area contributed by atoms with Crippen molar-refractivity contribution in [3.05, 3.63) is 69.7 Å². The van der Waals surface area contributed by atoms with E-state index in [0.29, 0.717) is 21.4 Å². The number of para-hydroxylation sites is 1. The molecule has 0 aliphatic heterocycles. The summed E-state index contributed by atoms with van der Waals surface area (Å²) in [5.74, 6) is -0.269. The van der Waals surface area contributed by atoms with E-state index in [1.807, 2.05) is 18.2 Å². The van der Waals surface area contributed by atoms with Gasteiger partial charge in [-0.2, -0.15) is 5.10 Å². The van der Waals surface area contributed by atoms with Crippen LogP contribution < -0.4 is 15.5 Å². The second-order valence-electron chi connectivity index (χ2n) is 5.22. The van der Waals surface area contributed by atoms with E-state index in [0.717, 1.165) is 5.56 Å². The zero-order valence-electron chi connectivity index (χ0n) is 14.4. The predicted octanol–water partition coefficient (Wildman–Crippen LogP) is 3.28. The van der Waals surface area contributed by atoms with E-state index in [4.69, 9.17) is 27.9 Å². The van der Waals surface area contributed by atoms with Crippen LogP contribution in [0.3, 0.4) is 0 Å². The lowest BCUT2D eigenvalue weighted by Crippen LogP contribution is -2.34. The fraction of sp³-hybridized carbons (Fsp3) is 0.105. The van der Waals surface area contributed by atoms with Crippen molar-refractivity contribution in [2.24, 2.45) is 5.10 Å². The summed E-state index contributed by atoms with van der Waals surface area (Å²) < 4.78 is 5.19. The van der Waals surface area contributed by atoms with Gasteiger partial charge in [-0.15, -0.1) is 0 Å². The summed E-state index contributed by atoms with van der Waals surface area (Å²) in [6.07, 6.45) is 4.26. The maximum Gasteiger partial charge on any atom is 0.259 e. The highest BCUT2D eigenvalue weighted by molar-refractivity contribution is 6.38. The third-order valence-corrected chi connectivity index (χ3v) is 4.02. The summed E-state index contributed by atoms with van der Waals surface area (Å²) in [6, 6.07) is 12.3. The van der Waals surface area contributed by atoms with Gasteiger partial charge in [-0.3, -0.25) is 9.59 Å². The first-order valence-electron chi connectivity index (χ1n) is 7.86. The predicted molar refractivity (Wildman–Crippen MR) is 107 cm³/mol. The van der Waals surface area contributed by atoms with Gasteiger partial charge in [-0.25, -0.2) is 5.43 Å². The normalized spacial score (nSPS) is 10.9. The Bertz CT molecular complexity index is 862. The molecule has 6 nitrogen and oxygen atoms in total. The Morgan fingerprint density at radius 2 is 1.81 bits per heavy atom. The van der Waals surface area contributed by atoms with Crippen molar-refractivity contribution in [1.29, 1.82) is 0 Å². The third-order valence-electron chi connectivity index (χ3n) is 3.36. The van der Waals surface area contributed by atoms with Crippen LogP contribution in [0.15, 0.2) is 53.6 Å². The topological polar surface area (TPSA) is 79.8 Å². The molecule has 0 bridgehead atoms. The van der Waals surface area contributed by atoms with Crippen LogP contribution in [0.4, 0.5) is 0 Å². The standard InChI is InChI=1S/C19H17Cl2N3O3/c1-27-17-8-3-2-5-13(17)9-10-18(25)22-12-19(26)24-23-11-14-15(20)6-4-7-16(14)21/h2-11H,12H2,1H3,(H,22,25)(H,24,26). The lowest BCUT2D eigenvalue weighted by molar-refractivity contribution is -0.123. The van der Waals surface area contributed by atoms with Crippen molar-refractivity contribution in [3.8, 4) is 5.75 Å². The van der Waals surface area contributed by atoms with E-state index < -0.39 is 11.8 Å². The van der Waals surface area contributed by atoms with Gasteiger partial charge in [0.25, 0.3) is 5.91 Å². The maximum absolute atomic E-state index is 11.8. The molecule has 2 aromatic rings. The average molecular weight is 406 g/mol. The molecule has 0 unspecified atom stereocenters. The van der Waals surface area contributed by atoms with Gasteiger partial charge in [0.15, 0.2) is 0 Å². The molecular weight excluding hydrogens is 389 g/mol. The number of benzene rings is 2. The molecule has 0 spiro atoms. The second kappa shape index (κ2) is 10.4. The monoisotopic (exact) mass is 405 g/mol. The van der Waals surface area contributed by atoms with Gasteiger partial charge in [0, 0.05) is 17.2 Å². The zero-order valence-corrected chi connectivity index (χ0v) is 15.9. The minimum Gasteiger partial charge on any atom is -0.496 e. The molecule has 0 radical (unpaired) electrons.